The lowest BCUT2D eigenvalue weighted by molar-refractivity contribution is 0.102. The Labute approximate surface area is 196 Å². The summed E-state index contributed by atoms with van der Waals surface area (Å²) >= 11 is 1.38. The average Bonchev–Trinajstić information content (AvgIpc) is 3.56. The number of thiophene rings is 1. The number of halogens is 1. The van der Waals surface area contributed by atoms with E-state index in [1.54, 1.807) is 19.2 Å². The number of aromatic nitrogens is 6. The van der Waals surface area contributed by atoms with Crippen LogP contribution in [0.2, 0.25) is 0 Å². The summed E-state index contributed by atoms with van der Waals surface area (Å²) in [4.78, 5) is 37.2. The quantitative estimate of drug-likeness (QED) is 0.203. The molecule has 11 heteroatoms. The molecule has 168 valence electrons. The Bertz CT molecular complexity index is 1640. The molecule has 0 spiro atoms. The summed E-state index contributed by atoms with van der Waals surface area (Å²) in [5.41, 5.74) is 3.35. The molecule has 9 nitrogen and oxygen atoms in total. The van der Waals surface area contributed by atoms with E-state index in [-0.39, 0.29) is 22.4 Å². The van der Waals surface area contributed by atoms with Crippen LogP contribution < -0.4 is 0 Å². The number of pyridine rings is 2. The van der Waals surface area contributed by atoms with Crippen molar-refractivity contribution in [1.82, 2.24) is 30.1 Å². The summed E-state index contributed by atoms with van der Waals surface area (Å²) in [7, 11) is 0. The second-order valence-corrected chi connectivity index (χ2v) is 8.49. The first kappa shape index (κ1) is 21.5. The molecule has 5 rings (SSSR count). The number of nitrogens with zero attached hydrogens (tertiary/aromatic N) is 6. The maximum Gasteiger partial charge on any atom is 0.169 e. The molecule has 0 radical (unpaired) electrons. The van der Waals surface area contributed by atoms with Gasteiger partial charge in [-0.25, -0.2) is 24.3 Å². The van der Waals surface area contributed by atoms with Crippen molar-refractivity contribution in [1.29, 1.82) is 0 Å². The van der Waals surface area contributed by atoms with Gasteiger partial charge < -0.3 is 4.98 Å². The van der Waals surface area contributed by atoms with Crippen molar-refractivity contribution in [2.75, 3.05) is 0 Å². The van der Waals surface area contributed by atoms with Crippen LogP contribution in [0.3, 0.4) is 0 Å². The van der Waals surface area contributed by atoms with Crippen LogP contribution >= 0.6 is 11.3 Å². The van der Waals surface area contributed by atoms with Crippen molar-refractivity contribution in [2.24, 2.45) is 9.98 Å². The van der Waals surface area contributed by atoms with Gasteiger partial charge >= 0.3 is 0 Å². The Morgan fingerprint density at radius 3 is 2.82 bits per heavy atom. The maximum atomic E-state index is 15.6. The zero-order chi connectivity index (χ0) is 23.8. The molecule has 2 N–H and O–H groups in total. The summed E-state index contributed by atoms with van der Waals surface area (Å²) < 4.78 is 15.6. The summed E-state index contributed by atoms with van der Waals surface area (Å²) in [6.45, 7) is 6.58. The van der Waals surface area contributed by atoms with Crippen molar-refractivity contribution >= 4 is 57.9 Å². The lowest BCUT2D eigenvalue weighted by Crippen LogP contribution is -1.92. The molecule has 0 saturated carbocycles. The van der Waals surface area contributed by atoms with E-state index in [0.29, 0.717) is 33.1 Å². The van der Waals surface area contributed by atoms with E-state index < -0.39 is 5.82 Å². The van der Waals surface area contributed by atoms with E-state index in [4.69, 9.17) is 0 Å². The van der Waals surface area contributed by atoms with Crippen molar-refractivity contribution in [2.45, 2.75) is 13.8 Å². The molecule has 0 saturated heterocycles. The van der Waals surface area contributed by atoms with Gasteiger partial charge in [-0.1, -0.05) is 0 Å². The van der Waals surface area contributed by atoms with Crippen molar-refractivity contribution in [3.63, 3.8) is 0 Å². The Balaban J connectivity index is 1.64. The number of aliphatic imine (C=N–C) groups is 2. The molecule has 0 unspecified atom stereocenters. The molecule has 0 fully saturated rings. The second kappa shape index (κ2) is 8.52. The number of hydrogen-bond acceptors (Lipinski definition) is 7. The third-order valence-electron chi connectivity index (χ3n) is 5.19. The third kappa shape index (κ3) is 3.61. The molecular weight excluding hydrogens is 455 g/mol. The van der Waals surface area contributed by atoms with Gasteiger partial charge in [-0.05, 0) is 44.3 Å². The first-order valence-corrected chi connectivity index (χ1v) is 10.9. The fourth-order valence-electron chi connectivity index (χ4n) is 3.56. The number of fused-ring (bicyclic) bond motifs is 2. The van der Waals surface area contributed by atoms with Gasteiger partial charge in [0.2, 0.25) is 0 Å². The van der Waals surface area contributed by atoms with Crippen LogP contribution in [0.4, 0.5) is 4.39 Å². The smallest absolute Gasteiger partial charge is 0.169 e. The first-order valence-electron chi connectivity index (χ1n) is 10.1. The van der Waals surface area contributed by atoms with E-state index in [0.717, 1.165) is 10.4 Å². The van der Waals surface area contributed by atoms with Gasteiger partial charge in [0.05, 0.1) is 10.3 Å². The Morgan fingerprint density at radius 2 is 2.06 bits per heavy atom. The van der Waals surface area contributed by atoms with Crippen LogP contribution in [0.1, 0.15) is 29.1 Å². The molecule has 0 bridgehead atoms. The van der Waals surface area contributed by atoms with Gasteiger partial charge in [0.1, 0.15) is 23.4 Å². The molecule has 0 atom stereocenters. The van der Waals surface area contributed by atoms with Crippen LogP contribution in [-0.4, -0.2) is 49.0 Å². The number of aromatic amines is 2. The number of imidazole rings is 1. The minimum Gasteiger partial charge on any atom is -0.321 e. The van der Waals surface area contributed by atoms with E-state index in [9.17, 15) is 4.79 Å². The summed E-state index contributed by atoms with van der Waals surface area (Å²) in [6.07, 6.45) is 5.82. The van der Waals surface area contributed by atoms with Crippen LogP contribution in [-0.2, 0) is 0 Å². The van der Waals surface area contributed by atoms with Crippen LogP contribution in [0.5, 0.6) is 0 Å². The van der Waals surface area contributed by atoms with Gasteiger partial charge in [0.15, 0.2) is 22.9 Å². The number of carbonyl (C=O) groups excluding carboxylic acids is 1. The molecule has 0 aliphatic rings. The largest absolute Gasteiger partial charge is 0.321 e. The molecular formula is C23H17FN8OS. The molecule has 34 heavy (non-hydrogen) atoms. The summed E-state index contributed by atoms with van der Waals surface area (Å²) in [5, 5.41) is 7.23. The van der Waals surface area contributed by atoms with Crippen molar-refractivity contribution in [3.05, 3.63) is 53.1 Å². The number of ketones is 1. The van der Waals surface area contributed by atoms with E-state index in [2.05, 4.69) is 46.8 Å². The number of Topliss-reactive ketones (excluding diaryl/α,β-unsaturated/α-hetero) is 1. The molecule has 5 heterocycles. The molecule has 5 aromatic rings. The highest BCUT2D eigenvalue weighted by atomic mass is 32.1. The van der Waals surface area contributed by atoms with Crippen molar-refractivity contribution < 1.29 is 9.18 Å². The number of hydrogen-bond donors (Lipinski definition) is 2. The van der Waals surface area contributed by atoms with E-state index in [1.807, 2.05) is 12.1 Å². The SMILES string of the molecule is C=N/C=N\C=C(/C)c1cnc2[nH]nc(-c3nc4c(-c5ccc(C(C)=O)s5)ccnc4[nH]3)c2c1F. The number of nitrogens with one attached hydrogen (secondary N) is 2. The van der Waals surface area contributed by atoms with Crippen molar-refractivity contribution in [3.8, 4) is 22.0 Å². The maximum absolute atomic E-state index is 15.6. The van der Waals surface area contributed by atoms with E-state index >= 15 is 4.39 Å². The lowest BCUT2D eigenvalue weighted by Gasteiger charge is -2.03. The molecule has 0 aliphatic carbocycles. The Kier molecular flexibility index (Phi) is 5.38. The van der Waals surface area contributed by atoms with Crippen LogP contribution in [0.15, 0.2) is 46.8 Å². The monoisotopic (exact) mass is 472 g/mol. The number of rotatable bonds is 6. The van der Waals surface area contributed by atoms with Gasteiger partial charge in [-0.15, -0.1) is 11.3 Å². The topological polar surface area (TPSA) is 125 Å². The Hall–Kier alpha value is -4.38. The second-order valence-electron chi connectivity index (χ2n) is 7.40. The minimum absolute atomic E-state index is 0.00169. The highest BCUT2D eigenvalue weighted by Gasteiger charge is 2.21. The fraction of sp³-hybridized carbons (Fsp3) is 0.0870. The number of H-pyrrole nitrogens is 2. The lowest BCUT2D eigenvalue weighted by atomic mass is 10.1. The highest BCUT2D eigenvalue weighted by Crippen LogP contribution is 2.35. The predicted octanol–water partition coefficient (Wildman–Crippen LogP) is 5.06. The predicted molar refractivity (Wildman–Crippen MR) is 132 cm³/mol. The Morgan fingerprint density at radius 1 is 1.21 bits per heavy atom. The van der Waals surface area contributed by atoms with Gasteiger partial charge in [-0.3, -0.25) is 14.9 Å². The molecule has 0 amide bonds. The van der Waals surface area contributed by atoms with Crippen LogP contribution in [0.25, 0.3) is 49.7 Å². The van der Waals surface area contributed by atoms with Crippen LogP contribution in [0, 0.1) is 5.82 Å². The first-order chi connectivity index (χ1) is 16.5. The fourth-order valence-corrected chi connectivity index (χ4v) is 4.48. The summed E-state index contributed by atoms with van der Waals surface area (Å²) in [5.74, 6) is -0.151. The minimum atomic E-state index is -0.498. The third-order valence-corrected chi connectivity index (χ3v) is 6.41. The molecule has 0 aromatic carbocycles. The van der Waals surface area contributed by atoms with Gasteiger partial charge in [0, 0.05) is 34.6 Å². The number of carbonyl (C=O) groups is 1. The van der Waals surface area contributed by atoms with Gasteiger partial charge in [-0.2, -0.15) is 5.10 Å². The van der Waals surface area contributed by atoms with Gasteiger partial charge in [0.25, 0.3) is 0 Å². The zero-order valence-electron chi connectivity index (χ0n) is 18.1. The standard InChI is InChI=1S/C23H17FN8OS/c1-11(8-26-10-25-3)14-9-28-21-17(18(14)24)20(31-32-21)23-29-19-13(6-7-27-22(19)30-23)16-5-4-15(34-16)12(2)33/h4-10H,3H2,1-2H3,(H,27,29,30)(H,28,31,32)/b11-8+,26-10-. The molecule has 5 aromatic heterocycles. The number of allylic oxidation sites excluding steroid dienone is 1. The highest BCUT2D eigenvalue weighted by molar-refractivity contribution is 7.17. The van der Waals surface area contributed by atoms with E-state index in [1.165, 1.54) is 37.0 Å². The summed E-state index contributed by atoms with van der Waals surface area (Å²) in [6, 6.07) is 5.50. The molecule has 0 aliphatic heterocycles. The normalized spacial score (nSPS) is 12.3. The zero-order valence-corrected chi connectivity index (χ0v) is 18.9. The average molecular weight is 473 g/mol.